The molecule has 0 aliphatic carbocycles. The molecule has 106 valence electrons. The predicted molar refractivity (Wildman–Crippen MR) is 74.1 cm³/mol. The van der Waals surface area contributed by atoms with Crippen LogP contribution in [0.1, 0.15) is 39.0 Å². The first-order valence-corrected chi connectivity index (χ1v) is 6.92. The Labute approximate surface area is 116 Å². The normalized spacial score (nSPS) is 27.9. The summed E-state index contributed by atoms with van der Waals surface area (Å²) in [5.41, 5.74) is 0. The van der Waals surface area contributed by atoms with E-state index < -0.39 is 0 Å². The summed E-state index contributed by atoms with van der Waals surface area (Å²) in [6.07, 6.45) is 5.41. The molecule has 0 aromatic rings. The lowest BCUT2D eigenvalue weighted by atomic mass is 10.1. The molecule has 2 aliphatic rings. The van der Waals surface area contributed by atoms with Crippen molar-refractivity contribution in [1.82, 2.24) is 10.2 Å². The van der Waals surface area contributed by atoms with Gasteiger partial charge in [0, 0.05) is 25.6 Å². The van der Waals surface area contributed by atoms with Crippen molar-refractivity contribution in [2.75, 3.05) is 26.2 Å². The molecule has 2 saturated heterocycles. The van der Waals surface area contributed by atoms with Crippen LogP contribution in [0.3, 0.4) is 0 Å². The Morgan fingerprint density at radius 1 is 1.50 bits per heavy atom. The van der Waals surface area contributed by atoms with Gasteiger partial charge in [-0.15, -0.1) is 12.4 Å². The van der Waals surface area contributed by atoms with E-state index in [2.05, 4.69) is 12.2 Å². The minimum atomic E-state index is 0. The fraction of sp³-hybridized carbons (Fsp3) is 0.923. The number of ether oxygens (including phenoxy) is 1. The standard InChI is InChI=1S/C13H24N2O2.ClH/c1-2-12-10-15(8-9-17-12)13(16)6-5-11-4-3-7-14-11;/h11-12,14H,2-10H2,1H3;1H. The summed E-state index contributed by atoms with van der Waals surface area (Å²) in [5.74, 6) is 0.306. The van der Waals surface area contributed by atoms with E-state index in [0.29, 0.717) is 25.0 Å². The third kappa shape index (κ3) is 4.41. The first-order valence-electron chi connectivity index (χ1n) is 6.92. The van der Waals surface area contributed by atoms with E-state index in [1.807, 2.05) is 4.90 Å². The van der Waals surface area contributed by atoms with Crippen molar-refractivity contribution in [3.8, 4) is 0 Å². The number of halogens is 1. The van der Waals surface area contributed by atoms with Gasteiger partial charge in [-0.2, -0.15) is 0 Å². The third-order valence-electron chi connectivity index (χ3n) is 3.82. The van der Waals surface area contributed by atoms with Crippen molar-refractivity contribution in [2.45, 2.75) is 51.2 Å². The van der Waals surface area contributed by atoms with Crippen LogP contribution in [0.5, 0.6) is 0 Å². The summed E-state index contributed by atoms with van der Waals surface area (Å²) in [7, 11) is 0. The molecule has 0 aromatic heterocycles. The molecule has 5 heteroatoms. The molecular weight excluding hydrogens is 252 g/mol. The number of carbonyl (C=O) groups excluding carboxylic acids is 1. The summed E-state index contributed by atoms with van der Waals surface area (Å²) < 4.78 is 5.58. The number of nitrogens with zero attached hydrogens (tertiary/aromatic N) is 1. The second-order valence-electron chi connectivity index (χ2n) is 5.07. The maximum Gasteiger partial charge on any atom is 0.222 e. The number of carbonyl (C=O) groups is 1. The van der Waals surface area contributed by atoms with Gasteiger partial charge < -0.3 is 15.0 Å². The van der Waals surface area contributed by atoms with Gasteiger partial charge in [0.25, 0.3) is 0 Å². The highest BCUT2D eigenvalue weighted by molar-refractivity contribution is 5.85. The number of morpholine rings is 1. The van der Waals surface area contributed by atoms with Gasteiger partial charge >= 0.3 is 0 Å². The first kappa shape index (κ1) is 15.7. The molecule has 0 radical (unpaired) electrons. The van der Waals surface area contributed by atoms with E-state index in [1.54, 1.807) is 0 Å². The minimum absolute atomic E-state index is 0. The SMILES string of the molecule is CCC1CN(C(=O)CCC2CCCN2)CCO1.Cl. The van der Waals surface area contributed by atoms with Crippen LogP contribution in [0, 0.1) is 0 Å². The number of rotatable bonds is 4. The van der Waals surface area contributed by atoms with Crippen LogP contribution in [0.2, 0.25) is 0 Å². The average molecular weight is 277 g/mol. The molecular formula is C13H25ClN2O2. The molecule has 0 aromatic carbocycles. The zero-order valence-electron chi connectivity index (χ0n) is 11.2. The highest BCUT2D eigenvalue weighted by Crippen LogP contribution is 2.14. The van der Waals surface area contributed by atoms with Crippen molar-refractivity contribution in [3.63, 3.8) is 0 Å². The largest absolute Gasteiger partial charge is 0.375 e. The van der Waals surface area contributed by atoms with E-state index in [-0.39, 0.29) is 18.5 Å². The quantitative estimate of drug-likeness (QED) is 0.848. The van der Waals surface area contributed by atoms with E-state index in [0.717, 1.165) is 32.5 Å². The van der Waals surface area contributed by atoms with E-state index in [9.17, 15) is 4.79 Å². The predicted octanol–water partition coefficient (Wildman–Crippen LogP) is 1.58. The van der Waals surface area contributed by atoms with E-state index in [1.165, 1.54) is 12.8 Å². The lowest BCUT2D eigenvalue weighted by molar-refractivity contribution is -0.139. The summed E-state index contributed by atoms with van der Waals surface area (Å²) in [6.45, 7) is 5.49. The fourth-order valence-corrected chi connectivity index (χ4v) is 2.65. The van der Waals surface area contributed by atoms with Crippen molar-refractivity contribution in [1.29, 1.82) is 0 Å². The molecule has 18 heavy (non-hydrogen) atoms. The van der Waals surface area contributed by atoms with Crippen LogP contribution in [-0.4, -0.2) is 49.2 Å². The van der Waals surface area contributed by atoms with Gasteiger partial charge in [-0.05, 0) is 32.2 Å². The maximum absolute atomic E-state index is 12.1. The number of hydrogen-bond donors (Lipinski definition) is 1. The molecule has 2 atom stereocenters. The Kier molecular flexibility index (Phi) is 6.97. The number of nitrogens with one attached hydrogen (secondary N) is 1. The first-order chi connectivity index (χ1) is 8.29. The Morgan fingerprint density at radius 3 is 3.00 bits per heavy atom. The average Bonchev–Trinajstić information content (AvgIpc) is 2.89. The number of amides is 1. The molecule has 2 rings (SSSR count). The summed E-state index contributed by atoms with van der Waals surface area (Å²) in [5, 5.41) is 3.44. The third-order valence-corrected chi connectivity index (χ3v) is 3.82. The van der Waals surface area contributed by atoms with Crippen LogP contribution in [0.4, 0.5) is 0 Å². The van der Waals surface area contributed by atoms with Crippen LogP contribution < -0.4 is 5.32 Å². The molecule has 0 spiro atoms. The Morgan fingerprint density at radius 2 is 2.33 bits per heavy atom. The van der Waals surface area contributed by atoms with Gasteiger partial charge in [-0.3, -0.25) is 4.79 Å². The molecule has 2 fully saturated rings. The molecule has 2 heterocycles. The smallest absolute Gasteiger partial charge is 0.222 e. The van der Waals surface area contributed by atoms with Crippen molar-refractivity contribution < 1.29 is 9.53 Å². The summed E-state index contributed by atoms with van der Waals surface area (Å²) in [6, 6.07) is 0.571. The van der Waals surface area contributed by atoms with Crippen LogP contribution in [0.25, 0.3) is 0 Å². The second-order valence-corrected chi connectivity index (χ2v) is 5.07. The lowest BCUT2D eigenvalue weighted by Gasteiger charge is -2.32. The van der Waals surface area contributed by atoms with Gasteiger partial charge in [-0.1, -0.05) is 6.92 Å². The minimum Gasteiger partial charge on any atom is -0.375 e. The number of hydrogen-bond acceptors (Lipinski definition) is 3. The van der Waals surface area contributed by atoms with Crippen LogP contribution in [0.15, 0.2) is 0 Å². The Balaban J connectivity index is 0.00000162. The maximum atomic E-state index is 12.1. The zero-order chi connectivity index (χ0) is 12.1. The Bertz CT molecular complexity index is 257. The summed E-state index contributed by atoms with van der Waals surface area (Å²) in [4.78, 5) is 14.0. The van der Waals surface area contributed by atoms with Gasteiger partial charge in [0.2, 0.25) is 5.91 Å². The molecule has 2 aliphatic heterocycles. The fourth-order valence-electron chi connectivity index (χ4n) is 2.65. The van der Waals surface area contributed by atoms with Crippen LogP contribution in [-0.2, 0) is 9.53 Å². The second kappa shape index (κ2) is 7.97. The highest BCUT2D eigenvalue weighted by atomic mass is 35.5. The zero-order valence-corrected chi connectivity index (χ0v) is 12.0. The van der Waals surface area contributed by atoms with Crippen LogP contribution >= 0.6 is 12.4 Å². The lowest BCUT2D eigenvalue weighted by Crippen LogP contribution is -2.45. The van der Waals surface area contributed by atoms with Crippen molar-refractivity contribution in [2.24, 2.45) is 0 Å². The van der Waals surface area contributed by atoms with Gasteiger partial charge in [0.1, 0.15) is 0 Å². The molecule has 4 nitrogen and oxygen atoms in total. The topological polar surface area (TPSA) is 41.6 Å². The van der Waals surface area contributed by atoms with Gasteiger partial charge in [0.15, 0.2) is 0 Å². The van der Waals surface area contributed by atoms with Gasteiger partial charge in [0.05, 0.1) is 12.7 Å². The Hall–Kier alpha value is -0.320. The molecule has 0 bridgehead atoms. The summed E-state index contributed by atoms with van der Waals surface area (Å²) >= 11 is 0. The van der Waals surface area contributed by atoms with E-state index >= 15 is 0 Å². The highest BCUT2D eigenvalue weighted by Gasteiger charge is 2.24. The molecule has 2 unspecified atom stereocenters. The van der Waals surface area contributed by atoms with Crippen molar-refractivity contribution in [3.05, 3.63) is 0 Å². The molecule has 1 amide bonds. The van der Waals surface area contributed by atoms with Crippen molar-refractivity contribution >= 4 is 18.3 Å². The molecule has 1 N–H and O–H groups in total. The monoisotopic (exact) mass is 276 g/mol. The van der Waals surface area contributed by atoms with E-state index in [4.69, 9.17) is 4.74 Å². The van der Waals surface area contributed by atoms with Gasteiger partial charge in [-0.25, -0.2) is 0 Å². The molecule has 0 saturated carbocycles.